The molecule has 5 nitrogen and oxygen atoms in total. The second kappa shape index (κ2) is 7.41. The van der Waals surface area contributed by atoms with Crippen LogP contribution < -0.4 is 16.0 Å². The van der Waals surface area contributed by atoms with E-state index >= 15 is 0 Å². The van der Waals surface area contributed by atoms with Crippen LogP contribution in [0.1, 0.15) is 25.8 Å². The lowest BCUT2D eigenvalue weighted by Crippen LogP contribution is -2.46. The summed E-state index contributed by atoms with van der Waals surface area (Å²) < 4.78 is 0. The molecule has 1 rings (SSSR count). The minimum atomic E-state index is -0.560. The Morgan fingerprint density at radius 1 is 1.26 bits per heavy atom. The van der Waals surface area contributed by atoms with Crippen LogP contribution >= 0.6 is 0 Å². The third-order valence-corrected chi connectivity index (χ3v) is 2.68. The van der Waals surface area contributed by atoms with Crippen LogP contribution in [-0.2, 0) is 4.79 Å². The van der Waals surface area contributed by atoms with Gasteiger partial charge in [0.15, 0.2) is 0 Å². The van der Waals surface area contributed by atoms with E-state index in [0.717, 1.165) is 17.7 Å². The summed E-state index contributed by atoms with van der Waals surface area (Å²) in [4.78, 5) is 23.4. The smallest absolute Gasteiger partial charge is 0.319 e. The molecule has 3 N–H and O–H groups in total. The molecule has 0 aliphatic carbocycles. The van der Waals surface area contributed by atoms with Gasteiger partial charge in [-0.3, -0.25) is 4.79 Å². The number of hydrogen-bond donors (Lipinski definition) is 3. The molecule has 0 unspecified atom stereocenters. The minimum Gasteiger partial charge on any atom is -0.354 e. The van der Waals surface area contributed by atoms with Crippen LogP contribution in [-0.4, -0.2) is 24.5 Å². The molecule has 19 heavy (non-hydrogen) atoms. The van der Waals surface area contributed by atoms with E-state index in [0.29, 0.717) is 6.54 Å². The highest BCUT2D eigenvalue weighted by Crippen LogP contribution is 2.12. The zero-order valence-corrected chi connectivity index (χ0v) is 11.6. The zero-order valence-electron chi connectivity index (χ0n) is 11.6. The summed E-state index contributed by atoms with van der Waals surface area (Å²) in [5.74, 6) is -0.179. The molecule has 0 radical (unpaired) electrons. The van der Waals surface area contributed by atoms with Crippen molar-refractivity contribution >= 4 is 17.6 Å². The number of carbonyl (C=O) groups is 2. The van der Waals surface area contributed by atoms with Gasteiger partial charge >= 0.3 is 6.03 Å². The molecule has 0 saturated heterocycles. The van der Waals surface area contributed by atoms with Crippen molar-refractivity contribution in [1.29, 1.82) is 0 Å². The van der Waals surface area contributed by atoms with Gasteiger partial charge in [0, 0.05) is 12.2 Å². The first-order valence-electron chi connectivity index (χ1n) is 6.45. The quantitative estimate of drug-likeness (QED) is 0.760. The molecule has 104 valence electrons. The highest BCUT2D eigenvalue weighted by Gasteiger charge is 2.14. The number of rotatable bonds is 5. The minimum absolute atomic E-state index is 0.179. The van der Waals surface area contributed by atoms with E-state index in [4.69, 9.17) is 0 Å². The van der Waals surface area contributed by atoms with Crippen molar-refractivity contribution in [3.8, 4) is 0 Å². The molecule has 1 aromatic rings. The van der Waals surface area contributed by atoms with E-state index in [1.165, 1.54) is 0 Å². The maximum Gasteiger partial charge on any atom is 0.319 e. The molecule has 0 aliphatic heterocycles. The lowest BCUT2D eigenvalue weighted by Gasteiger charge is -2.15. The van der Waals surface area contributed by atoms with E-state index < -0.39 is 6.04 Å². The van der Waals surface area contributed by atoms with Gasteiger partial charge in [0.2, 0.25) is 5.91 Å². The Balaban J connectivity index is 2.47. The molecular formula is C14H21N3O2. The second-order valence-electron chi connectivity index (χ2n) is 4.43. The Morgan fingerprint density at radius 2 is 1.95 bits per heavy atom. The summed E-state index contributed by atoms with van der Waals surface area (Å²) in [6.45, 7) is 6.16. The Kier molecular flexibility index (Phi) is 5.85. The second-order valence-corrected chi connectivity index (χ2v) is 4.43. The third kappa shape index (κ3) is 4.99. The molecule has 0 spiro atoms. The molecule has 3 amide bonds. The first-order valence-corrected chi connectivity index (χ1v) is 6.45. The standard InChI is InChI=1S/C14H21N3O2/c1-4-9-15-13(18)11(3)16-14(19)17-12-8-6-5-7-10(12)2/h5-8,11H,4,9H2,1-3H3,(H,15,18)(H2,16,17,19)/t11-/m0/s1. The van der Waals surface area contributed by atoms with Gasteiger partial charge in [0.25, 0.3) is 0 Å². The average molecular weight is 263 g/mol. The number of anilines is 1. The zero-order chi connectivity index (χ0) is 14.3. The number of benzene rings is 1. The molecule has 5 heteroatoms. The number of nitrogens with one attached hydrogen (secondary N) is 3. The van der Waals surface area contributed by atoms with Crippen molar-refractivity contribution in [3.05, 3.63) is 29.8 Å². The van der Waals surface area contributed by atoms with E-state index in [1.54, 1.807) is 6.92 Å². The van der Waals surface area contributed by atoms with E-state index in [-0.39, 0.29) is 11.9 Å². The van der Waals surface area contributed by atoms with E-state index in [2.05, 4.69) is 16.0 Å². The molecule has 0 saturated carbocycles. The van der Waals surface area contributed by atoms with Crippen molar-refractivity contribution in [2.45, 2.75) is 33.2 Å². The van der Waals surface area contributed by atoms with Crippen LogP contribution in [0.3, 0.4) is 0 Å². The number of carbonyl (C=O) groups excluding carboxylic acids is 2. The topological polar surface area (TPSA) is 70.2 Å². The molecule has 0 aliphatic rings. The maximum atomic E-state index is 11.8. The first kappa shape index (κ1) is 15.0. The van der Waals surface area contributed by atoms with Crippen molar-refractivity contribution in [3.63, 3.8) is 0 Å². The third-order valence-electron chi connectivity index (χ3n) is 2.68. The SMILES string of the molecule is CCCNC(=O)[C@H](C)NC(=O)Nc1ccccc1C. The van der Waals surface area contributed by atoms with Gasteiger partial charge in [-0.15, -0.1) is 0 Å². The fraction of sp³-hybridized carbons (Fsp3) is 0.429. The fourth-order valence-electron chi connectivity index (χ4n) is 1.54. The van der Waals surface area contributed by atoms with Crippen molar-refractivity contribution in [2.24, 2.45) is 0 Å². The van der Waals surface area contributed by atoms with Gasteiger partial charge in [0.05, 0.1) is 0 Å². The van der Waals surface area contributed by atoms with Crippen LogP contribution in [0.5, 0.6) is 0 Å². The lowest BCUT2D eigenvalue weighted by atomic mass is 10.2. The van der Waals surface area contributed by atoms with E-state index in [9.17, 15) is 9.59 Å². The average Bonchev–Trinajstić information content (AvgIpc) is 2.38. The predicted molar refractivity (Wildman–Crippen MR) is 76.1 cm³/mol. The monoisotopic (exact) mass is 263 g/mol. The highest BCUT2D eigenvalue weighted by molar-refractivity contribution is 5.94. The summed E-state index contributed by atoms with van der Waals surface area (Å²) in [5, 5.41) is 8.06. The van der Waals surface area contributed by atoms with Crippen LogP contribution in [0.4, 0.5) is 10.5 Å². The van der Waals surface area contributed by atoms with Gasteiger partial charge in [-0.25, -0.2) is 4.79 Å². The summed E-state index contributed by atoms with van der Waals surface area (Å²) in [6, 6.07) is 6.53. The largest absolute Gasteiger partial charge is 0.354 e. The maximum absolute atomic E-state index is 11.8. The van der Waals surface area contributed by atoms with Crippen LogP contribution in [0.25, 0.3) is 0 Å². The van der Waals surface area contributed by atoms with Gasteiger partial charge in [-0.1, -0.05) is 25.1 Å². The number of urea groups is 1. The highest BCUT2D eigenvalue weighted by atomic mass is 16.2. The normalized spacial score (nSPS) is 11.5. The molecule has 1 aromatic carbocycles. The van der Waals surface area contributed by atoms with Crippen LogP contribution in [0.15, 0.2) is 24.3 Å². The Labute approximate surface area is 113 Å². The summed E-state index contributed by atoms with van der Waals surface area (Å²) in [6.07, 6.45) is 0.869. The fourth-order valence-corrected chi connectivity index (χ4v) is 1.54. The van der Waals surface area contributed by atoms with Gasteiger partial charge < -0.3 is 16.0 Å². The van der Waals surface area contributed by atoms with E-state index in [1.807, 2.05) is 38.1 Å². The van der Waals surface area contributed by atoms with Gasteiger partial charge in [-0.2, -0.15) is 0 Å². The summed E-state index contributed by atoms with van der Waals surface area (Å²) >= 11 is 0. The number of aryl methyl sites for hydroxylation is 1. The lowest BCUT2D eigenvalue weighted by molar-refractivity contribution is -0.122. The van der Waals surface area contributed by atoms with Crippen molar-refractivity contribution in [2.75, 3.05) is 11.9 Å². The van der Waals surface area contributed by atoms with Gasteiger partial charge in [0.1, 0.15) is 6.04 Å². The Morgan fingerprint density at radius 3 is 2.58 bits per heavy atom. The van der Waals surface area contributed by atoms with Crippen LogP contribution in [0.2, 0.25) is 0 Å². The Bertz CT molecular complexity index is 446. The molecule has 0 fully saturated rings. The molecule has 1 atom stereocenters. The molecular weight excluding hydrogens is 242 g/mol. The van der Waals surface area contributed by atoms with Gasteiger partial charge in [-0.05, 0) is 31.9 Å². The van der Waals surface area contributed by atoms with Crippen molar-refractivity contribution < 1.29 is 9.59 Å². The molecule has 0 heterocycles. The predicted octanol–water partition coefficient (Wildman–Crippen LogP) is 2.03. The van der Waals surface area contributed by atoms with Crippen molar-refractivity contribution in [1.82, 2.24) is 10.6 Å². The summed E-state index contributed by atoms with van der Waals surface area (Å²) in [5.41, 5.74) is 1.71. The Hall–Kier alpha value is -2.04. The molecule has 0 aromatic heterocycles. The number of amides is 3. The van der Waals surface area contributed by atoms with Crippen LogP contribution in [0, 0.1) is 6.92 Å². The number of hydrogen-bond acceptors (Lipinski definition) is 2. The summed E-state index contributed by atoms with van der Waals surface area (Å²) in [7, 11) is 0. The number of para-hydroxylation sites is 1. The first-order chi connectivity index (χ1) is 9.04. The molecule has 0 bridgehead atoms.